The Kier molecular flexibility index (Phi) is 6.53. The van der Waals surface area contributed by atoms with Gasteiger partial charge in [-0.3, -0.25) is 0 Å². The van der Waals surface area contributed by atoms with Crippen LogP contribution in [0.4, 0.5) is 5.69 Å². The summed E-state index contributed by atoms with van der Waals surface area (Å²) in [5.74, 6) is 0.965. The standard InChI is InChI=1S/C15H25NO/c1-4-5-6-7-8-13(2)17-15-11-9-14(16-3)10-12-15/h9-13,16H,4-8H2,1-3H3. The van der Waals surface area contributed by atoms with Crippen LogP contribution in [0.5, 0.6) is 5.75 Å². The van der Waals surface area contributed by atoms with Crippen LogP contribution in [0.15, 0.2) is 24.3 Å². The highest BCUT2D eigenvalue weighted by Crippen LogP contribution is 2.18. The molecule has 1 unspecified atom stereocenters. The third-order valence-corrected chi connectivity index (χ3v) is 2.94. The summed E-state index contributed by atoms with van der Waals surface area (Å²) in [6, 6.07) is 8.13. The van der Waals surface area contributed by atoms with Crippen molar-refractivity contribution < 1.29 is 4.74 Å². The average molecular weight is 235 g/mol. The number of ether oxygens (including phenoxy) is 1. The van der Waals surface area contributed by atoms with Gasteiger partial charge in [-0.2, -0.15) is 0 Å². The zero-order chi connectivity index (χ0) is 12.5. The lowest BCUT2D eigenvalue weighted by Crippen LogP contribution is -2.11. The molecule has 0 aliphatic heterocycles. The van der Waals surface area contributed by atoms with Gasteiger partial charge in [-0.15, -0.1) is 0 Å². The fraction of sp³-hybridized carbons (Fsp3) is 0.600. The van der Waals surface area contributed by atoms with Gasteiger partial charge in [-0.1, -0.05) is 26.2 Å². The summed E-state index contributed by atoms with van der Waals surface area (Å²) in [7, 11) is 1.92. The molecule has 0 saturated carbocycles. The second kappa shape index (κ2) is 7.99. The molecule has 1 aromatic rings. The molecule has 0 aliphatic carbocycles. The zero-order valence-corrected chi connectivity index (χ0v) is 11.3. The molecule has 0 spiro atoms. The van der Waals surface area contributed by atoms with E-state index in [1.807, 2.05) is 31.3 Å². The van der Waals surface area contributed by atoms with Crippen LogP contribution in [-0.2, 0) is 0 Å². The minimum Gasteiger partial charge on any atom is -0.491 e. The summed E-state index contributed by atoms with van der Waals surface area (Å²) in [5.41, 5.74) is 1.12. The molecule has 0 aliphatic rings. The number of rotatable bonds is 8. The van der Waals surface area contributed by atoms with Gasteiger partial charge in [-0.05, 0) is 44.0 Å². The lowest BCUT2D eigenvalue weighted by Gasteiger charge is -2.14. The molecular formula is C15H25NO. The average Bonchev–Trinajstić information content (AvgIpc) is 2.36. The van der Waals surface area contributed by atoms with Crippen LogP contribution in [0.1, 0.15) is 46.0 Å². The van der Waals surface area contributed by atoms with E-state index in [-0.39, 0.29) is 0 Å². The van der Waals surface area contributed by atoms with Crippen molar-refractivity contribution >= 4 is 5.69 Å². The number of benzene rings is 1. The van der Waals surface area contributed by atoms with E-state index in [2.05, 4.69) is 19.2 Å². The van der Waals surface area contributed by atoms with Gasteiger partial charge in [0, 0.05) is 12.7 Å². The maximum absolute atomic E-state index is 5.87. The third kappa shape index (κ3) is 5.62. The van der Waals surface area contributed by atoms with E-state index in [4.69, 9.17) is 4.74 Å². The molecule has 0 amide bonds. The molecule has 96 valence electrons. The Balaban J connectivity index is 2.26. The normalized spacial score (nSPS) is 12.2. The number of hydrogen-bond acceptors (Lipinski definition) is 2. The van der Waals surface area contributed by atoms with E-state index in [0.29, 0.717) is 6.10 Å². The monoisotopic (exact) mass is 235 g/mol. The summed E-state index contributed by atoms with van der Waals surface area (Å²) in [4.78, 5) is 0. The van der Waals surface area contributed by atoms with Gasteiger partial charge in [0.2, 0.25) is 0 Å². The largest absolute Gasteiger partial charge is 0.491 e. The Hall–Kier alpha value is -1.18. The van der Waals surface area contributed by atoms with Gasteiger partial charge in [0.1, 0.15) is 5.75 Å². The number of unbranched alkanes of at least 4 members (excludes halogenated alkanes) is 3. The van der Waals surface area contributed by atoms with Crippen molar-refractivity contribution in [1.82, 2.24) is 0 Å². The summed E-state index contributed by atoms with van der Waals surface area (Å²) < 4.78 is 5.87. The van der Waals surface area contributed by atoms with E-state index in [1.165, 1.54) is 25.7 Å². The smallest absolute Gasteiger partial charge is 0.119 e. The topological polar surface area (TPSA) is 21.3 Å². The van der Waals surface area contributed by atoms with Crippen LogP contribution in [0.25, 0.3) is 0 Å². The van der Waals surface area contributed by atoms with Crippen molar-refractivity contribution in [3.63, 3.8) is 0 Å². The first kappa shape index (κ1) is 13.9. The highest BCUT2D eigenvalue weighted by Gasteiger charge is 2.03. The quantitative estimate of drug-likeness (QED) is 0.671. The van der Waals surface area contributed by atoms with Crippen LogP contribution in [0, 0.1) is 0 Å². The van der Waals surface area contributed by atoms with E-state index in [1.54, 1.807) is 0 Å². The summed E-state index contributed by atoms with van der Waals surface area (Å²) in [5, 5.41) is 3.10. The van der Waals surface area contributed by atoms with Crippen molar-refractivity contribution in [2.45, 2.75) is 52.1 Å². The first-order valence-electron chi connectivity index (χ1n) is 6.70. The Morgan fingerprint density at radius 2 is 1.82 bits per heavy atom. The van der Waals surface area contributed by atoms with Gasteiger partial charge in [0.15, 0.2) is 0 Å². The fourth-order valence-corrected chi connectivity index (χ4v) is 1.85. The van der Waals surface area contributed by atoms with Crippen molar-refractivity contribution in [3.8, 4) is 5.75 Å². The van der Waals surface area contributed by atoms with Crippen LogP contribution >= 0.6 is 0 Å². The molecule has 0 aromatic heterocycles. The summed E-state index contributed by atoms with van der Waals surface area (Å²) in [6.07, 6.45) is 6.68. The fourth-order valence-electron chi connectivity index (χ4n) is 1.85. The van der Waals surface area contributed by atoms with Crippen LogP contribution < -0.4 is 10.1 Å². The molecule has 2 nitrogen and oxygen atoms in total. The van der Waals surface area contributed by atoms with Crippen LogP contribution in [0.2, 0.25) is 0 Å². The Morgan fingerprint density at radius 1 is 1.12 bits per heavy atom. The van der Waals surface area contributed by atoms with E-state index in [9.17, 15) is 0 Å². The highest BCUT2D eigenvalue weighted by atomic mass is 16.5. The van der Waals surface area contributed by atoms with Gasteiger partial charge in [-0.25, -0.2) is 0 Å². The zero-order valence-electron chi connectivity index (χ0n) is 11.3. The van der Waals surface area contributed by atoms with Gasteiger partial charge < -0.3 is 10.1 Å². The lowest BCUT2D eigenvalue weighted by molar-refractivity contribution is 0.206. The molecular weight excluding hydrogens is 210 g/mol. The molecule has 0 fully saturated rings. The number of hydrogen-bond donors (Lipinski definition) is 1. The Morgan fingerprint density at radius 3 is 2.41 bits per heavy atom. The molecule has 2 heteroatoms. The van der Waals surface area contributed by atoms with Crippen molar-refractivity contribution in [2.24, 2.45) is 0 Å². The Bertz CT molecular complexity index is 294. The van der Waals surface area contributed by atoms with Crippen molar-refractivity contribution in [3.05, 3.63) is 24.3 Å². The molecule has 0 radical (unpaired) electrons. The van der Waals surface area contributed by atoms with Crippen LogP contribution in [0.3, 0.4) is 0 Å². The maximum atomic E-state index is 5.87. The first-order valence-corrected chi connectivity index (χ1v) is 6.70. The van der Waals surface area contributed by atoms with Crippen LogP contribution in [-0.4, -0.2) is 13.2 Å². The second-order valence-corrected chi connectivity index (χ2v) is 4.55. The molecule has 1 aromatic carbocycles. The van der Waals surface area contributed by atoms with Crippen molar-refractivity contribution in [2.75, 3.05) is 12.4 Å². The number of nitrogens with one attached hydrogen (secondary N) is 1. The molecule has 0 bridgehead atoms. The molecule has 17 heavy (non-hydrogen) atoms. The SMILES string of the molecule is CCCCCCC(C)Oc1ccc(NC)cc1. The molecule has 1 rings (SSSR count). The predicted octanol–water partition coefficient (Wildman–Crippen LogP) is 4.47. The van der Waals surface area contributed by atoms with Crippen molar-refractivity contribution in [1.29, 1.82) is 0 Å². The third-order valence-electron chi connectivity index (χ3n) is 2.94. The minimum atomic E-state index is 0.312. The molecule has 0 heterocycles. The Labute approximate surface area is 105 Å². The summed E-state index contributed by atoms with van der Waals surface area (Å²) in [6.45, 7) is 4.39. The second-order valence-electron chi connectivity index (χ2n) is 4.55. The van der Waals surface area contributed by atoms with E-state index >= 15 is 0 Å². The first-order chi connectivity index (χ1) is 8.26. The number of anilines is 1. The minimum absolute atomic E-state index is 0.312. The van der Waals surface area contributed by atoms with E-state index in [0.717, 1.165) is 17.9 Å². The maximum Gasteiger partial charge on any atom is 0.119 e. The molecule has 1 N–H and O–H groups in total. The molecule has 1 atom stereocenters. The predicted molar refractivity (Wildman–Crippen MR) is 74.8 cm³/mol. The van der Waals surface area contributed by atoms with Gasteiger partial charge >= 0.3 is 0 Å². The molecule has 0 saturated heterocycles. The summed E-state index contributed by atoms with van der Waals surface area (Å²) >= 11 is 0. The van der Waals surface area contributed by atoms with Gasteiger partial charge in [0.25, 0.3) is 0 Å². The van der Waals surface area contributed by atoms with E-state index < -0.39 is 0 Å². The highest BCUT2D eigenvalue weighted by molar-refractivity contribution is 5.45. The lowest BCUT2D eigenvalue weighted by atomic mass is 10.1. The van der Waals surface area contributed by atoms with Gasteiger partial charge in [0.05, 0.1) is 6.10 Å².